The first-order valence-corrected chi connectivity index (χ1v) is 8.14. The molecule has 0 unspecified atom stereocenters. The van der Waals surface area contributed by atoms with E-state index in [2.05, 4.69) is 38.6 Å². The van der Waals surface area contributed by atoms with Gasteiger partial charge in [0.15, 0.2) is 0 Å². The second kappa shape index (κ2) is 5.43. The number of halogens is 2. The molecule has 0 saturated heterocycles. The van der Waals surface area contributed by atoms with Crippen LogP contribution in [0.3, 0.4) is 0 Å². The van der Waals surface area contributed by atoms with Crippen LogP contribution in [0, 0.1) is 9.62 Å². The molecule has 5 heteroatoms. The van der Waals surface area contributed by atoms with E-state index >= 15 is 0 Å². The predicted molar refractivity (Wildman–Crippen MR) is 83.2 cm³/mol. The molecule has 1 aromatic carbocycles. The molecule has 2 nitrogen and oxygen atoms in total. The quantitative estimate of drug-likeness (QED) is 0.704. The van der Waals surface area contributed by atoms with Gasteiger partial charge in [0.25, 0.3) is 0 Å². The summed E-state index contributed by atoms with van der Waals surface area (Å²) in [7, 11) is 0. The Bertz CT molecular complexity index is 549. The van der Waals surface area contributed by atoms with E-state index in [0.29, 0.717) is 0 Å². The van der Waals surface area contributed by atoms with E-state index in [0.717, 1.165) is 21.2 Å². The SMILES string of the molecule is Clc1ccc(Sc2cn(CC3CC3)nc2I)cc1. The Balaban J connectivity index is 1.74. The Morgan fingerprint density at radius 2 is 2.06 bits per heavy atom. The van der Waals surface area contributed by atoms with Gasteiger partial charge in [-0.1, -0.05) is 23.4 Å². The molecular weight excluding hydrogens is 379 g/mol. The molecule has 0 amide bonds. The molecule has 0 spiro atoms. The third-order valence-electron chi connectivity index (χ3n) is 2.87. The minimum absolute atomic E-state index is 0.776. The monoisotopic (exact) mass is 390 g/mol. The number of rotatable bonds is 4. The smallest absolute Gasteiger partial charge is 0.137 e. The van der Waals surface area contributed by atoms with Gasteiger partial charge in [0.05, 0.1) is 4.90 Å². The molecule has 0 bridgehead atoms. The molecule has 3 rings (SSSR count). The third kappa shape index (κ3) is 3.22. The summed E-state index contributed by atoms with van der Waals surface area (Å²) in [6, 6.07) is 7.93. The van der Waals surface area contributed by atoms with Crippen molar-refractivity contribution in [1.82, 2.24) is 9.78 Å². The molecule has 0 aliphatic heterocycles. The highest BCUT2D eigenvalue weighted by molar-refractivity contribution is 14.1. The second-order valence-electron chi connectivity index (χ2n) is 4.51. The topological polar surface area (TPSA) is 17.8 Å². The molecular formula is C13H12ClIN2S. The van der Waals surface area contributed by atoms with Crippen LogP contribution < -0.4 is 0 Å². The summed E-state index contributed by atoms with van der Waals surface area (Å²) in [4.78, 5) is 2.42. The van der Waals surface area contributed by atoms with E-state index in [9.17, 15) is 0 Å². The standard InChI is InChI=1S/C13H12ClIN2S/c14-10-3-5-11(6-4-10)18-12-8-17(16-13(12)15)7-9-1-2-9/h3-6,8-9H,1-2,7H2. The van der Waals surface area contributed by atoms with E-state index in [1.165, 1.54) is 22.6 Å². The fourth-order valence-electron chi connectivity index (χ4n) is 1.74. The van der Waals surface area contributed by atoms with Crippen molar-refractivity contribution in [2.45, 2.75) is 29.2 Å². The first-order chi connectivity index (χ1) is 8.70. The number of hydrogen-bond donors (Lipinski definition) is 0. The van der Waals surface area contributed by atoms with Crippen LogP contribution in [0.1, 0.15) is 12.8 Å². The highest BCUT2D eigenvalue weighted by Crippen LogP contribution is 2.34. The summed E-state index contributed by atoms with van der Waals surface area (Å²) in [5.74, 6) is 0.856. The fraction of sp³-hybridized carbons (Fsp3) is 0.308. The Kier molecular flexibility index (Phi) is 3.86. The second-order valence-corrected chi connectivity index (χ2v) is 7.08. The maximum Gasteiger partial charge on any atom is 0.137 e. The minimum Gasteiger partial charge on any atom is -0.270 e. The van der Waals surface area contributed by atoms with Gasteiger partial charge in [-0.25, -0.2) is 0 Å². The number of hydrogen-bond acceptors (Lipinski definition) is 2. The van der Waals surface area contributed by atoms with E-state index < -0.39 is 0 Å². The summed E-state index contributed by atoms with van der Waals surface area (Å²) in [6.45, 7) is 1.07. The molecule has 1 aliphatic rings. The maximum atomic E-state index is 5.89. The van der Waals surface area contributed by atoms with Gasteiger partial charge in [-0.3, -0.25) is 4.68 Å². The van der Waals surface area contributed by atoms with Crippen molar-refractivity contribution in [1.29, 1.82) is 0 Å². The van der Waals surface area contributed by atoms with E-state index in [1.807, 2.05) is 24.3 Å². The van der Waals surface area contributed by atoms with Crippen LogP contribution in [0.25, 0.3) is 0 Å². The first-order valence-electron chi connectivity index (χ1n) is 5.87. The lowest BCUT2D eigenvalue weighted by atomic mass is 10.4. The largest absolute Gasteiger partial charge is 0.270 e. The van der Waals surface area contributed by atoms with Crippen LogP contribution in [0.4, 0.5) is 0 Å². The van der Waals surface area contributed by atoms with Gasteiger partial charge in [-0.2, -0.15) is 5.10 Å². The normalized spacial score (nSPS) is 15.0. The molecule has 2 aromatic rings. The number of benzene rings is 1. The molecule has 0 atom stereocenters. The summed E-state index contributed by atoms with van der Waals surface area (Å²) in [5, 5.41) is 5.34. The lowest BCUT2D eigenvalue weighted by Gasteiger charge is -1.99. The maximum absolute atomic E-state index is 5.89. The van der Waals surface area contributed by atoms with Gasteiger partial charge >= 0.3 is 0 Å². The average Bonchev–Trinajstić information content (AvgIpc) is 3.08. The van der Waals surface area contributed by atoms with E-state index in [1.54, 1.807) is 11.8 Å². The highest BCUT2D eigenvalue weighted by Gasteiger charge is 2.22. The van der Waals surface area contributed by atoms with Gasteiger partial charge in [-0.05, 0) is 65.6 Å². The molecule has 0 N–H and O–H groups in total. The van der Waals surface area contributed by atoms with Crippen LogP contribution in [-0.2, 0) is 6.54 Å². The lowest BCUT2D eigenvalue weighted by molar-refractivity contribution is 0.559. The van der Waals surface area contributed by atoms with Gasteiger partial charge in [-0.15, -0.1) is 0 Å². The number of aromatic nitrogens is 2. The van der Waals surface area contributed by atoms with Crippen LogP contribution in [0.15, 0.2) is 40.3 Å². The van der Waals surface area contributed by atoms with Crippen molar-refractivity contribution in [3.8, 4) is 0 Å². The van der Waals surface area contributed by atoms with E-state index in [4.69, 9.17) is 11.6 Å². The van der Waals surface area contributed by atoms with Crippen LogP contribution in [0.5, 0.6) is 0 Å². The lowest BCUT2D eigenvalue weighted by Crippen LogP contribution is -1.99. The van der Waals surface area contributed by atoms with Crippen molar-refractivity contribution < 1.29 is 0 Å². The molecule has 1 saturated carbocycles. The van der Waals surface area contributed by atoms with E-state index in [-0.39, 0.29) is 0 Å². The molecule has 1 aromatic heterocycles. The molecule has 18 heavy (non-hydrogen) atoms. The molecule has 0 radical (unpaired) electrons. The van der Waals surface area contributed by atoms with Gasteiger partial charge in [0.2, 0.25) is 0 Å². The van der Waals surface area contributed by atoms with Crippen molar-refractivity contribution in [3.63, 3.8) is 0 Å². The average molecular weight is 391 g/mol. The minimum atomic E-state index is 0.776. The Labute approximate surface area is 129 Å². The Morgan fingerprint density at radius 1 is 1.33 bits per heavy atom. The summed E-state index contributed by atoms with van der Waals surface area (Å²) in [6.07, 6.45) is 4.87. The summed E-state index contributed by atoms with van der Waals surface area (Å²) < 4.78 is 3.16. The van der Waals surface area contributed by atoms with Crippen LogP contribution in [-0.4, -0.2) is 9.78 Å². The molecule has 1 aliphatic carbocycles. The molecule has 1 fully saturated rings. The molecule has 94 valence electrons. The Morgan fingerprint density at radius 3 is 2.72 bits per heavy atom. The van der Waals surface area contributed by atoms with Crippen molar-refractivity contribution in [2.24, 2.45) is 5.92 Å². The van der Waals surface area contributed by atoms with Crippen molar-refractivity contribution in [2.75, 3.05) is 0 Å². The van der Waals surface area contributed by atoms with Gasteiger partial charge in [0, 0.05) is 22.7 Å². The summed E-state index contributed by atoms with van der Waals surface area (Å²) in [5.41, 5.74) is 0. The summed E-state index contributed by atoms with van der Waals surface area (Å²) >= 11 is 9.93. The zero-order valence-electron chi connectivity index (χ0n) is 9.64. The first kappa shape index (κ1) is 12.8. The highest BCUT2D eigenvalue weighted by atomic mass is 127. The van der Waals surface area contributed by atoms with Crippen LogP contribution in [0.2, 0.25) is 5.02 Å². The van der Waals surface area contributed by atoms with Gasteiger partial charge < -0.3 is 0 Å². The Hall–Kier alpha value is -0.200. The number of nitrogens with zero attached hydrogens (tertiary/aromatic N) is 2. The van der Waals surface area contributed by atoms with Crippen molar-refractivity contribution in [3.05, 3.63) is 39.2 Å². The predicted octanol–water partition coefficient (Wildman–Crippen LogP) is 4.70. The molecule has 1 heterocycles. The fourth-order valence-corrected chi connectivity index (χ4v) is 3.43. The third-order valence-corrected chi connectivity index (χ3v) is 5.31. The zero-order chi connectivity index (χ0) is 12.5. The van der Waals surface area contributed by atoms with Crippen molar-refractivity contribution >= 4 is 46.0 Å². The zero-order valence-corrected chi connectivity index (χ0v) is 13.4. The van der Waals surface area contributed by atoms with Gasteiger partial charge in [0.1, 0.15) is 3.70 Å². The van der Waals surface area contributed by atoms with Crippen LogP contribution >= 0.6 is 46.0 Å².